The van der Waals surface area contributed by atoms with E-state index in [1.54, 1.807) is 11.3 Å². The number of carbonyl (C=O) groups excluding carboxylic acids is 1. The Bertz CT molecular complexity index is 639. The summed E-state index contributed by atoms with van der Waals surface area (Å²) < 4.78 is 0. The first-order chi connectivity index (χ1) is 9.78. The van der Waals surface area contributed by atoms with Crippen molar-refractivity contribution in [3.05, 3.63) is 34.5 Å². The summed E-state index contributed by atoms with van der Waals surface area (Å²) in [6, 6.07) is 6.29. The molecule has 2 bridgehead atoms. The molecule has 1 aromatic heterocycles. The molecular formula is C16H18N2OS. The van der Waals surface area contributed by atoms with E-state index >= 15 is 0 Å². The number of nitrogens with zero attached hydrogens (tertiary/aromatic N) is 1. The molecule has 20 heavy (non-hydrogen) atoms. The smallest absolute Gasteiger partial charge is 0.251 e. The number of nitrogens with one attached hydrogen (secondary N) is 1. The van der Waals surface area contributed by atoms with Crippen LogP contribution in [0.25, 0.3) is 10.8 Å². The first-order valence-electron chi connectivity index (χ1n) is 7.27. The van der Waals surface area contributed by atoms with Crippen LogP contribution in [0.5, 0.6) is 0 Å². The fourth-order valence-corrected chi connectivity index (χ4v) is 4.32. The van der Waals surface area contributed by atoms with Crippen LogP contribution < -0.4 is 5.32 Å². The minimum atomic E-state index is 0.0746. The molecule has 2 saturated heterocycles. The highest BCUT2D eigenvalue weighted by Gasteiger charge is 2.32. The molecule has 4 rings (SSSR count). The number of hydrogen-bond donors (Lipinski definition) is 1. The molecule has 3 heterocycles. The highest BCUT2D eigenvalue weighted by molar-refractivity contribution is 7.09. The second-order valence-electron chi connectivity index (χ2n) is 6.04. The molecule has 104 valence electrons. The summed E-state index contributed by atoms with van der Waals surface area (Å²) in [4.78, 5) is 14.9. The van der Waals surface area contributed by atoms with Crippen molar-refractivity contribution in [2.24, 2.45) is 5.92 Å². The van der Waals surface area contributed by atoms with Crippen molar-refractivity contribution in [1.82, 2.24) is 10.2 Å². The number of piperidine rings is 1. The molecular weight excluding hydrogens is 268 g/mol. The Morgan fingerprint density at radius 3 is 3.05 bits per heavy atom. The van der Waals surface area contributed by atoms with Crippen LogP contribution in [0, 0.1) is 5.92 Å². The Balaban J connectivity index is 1.49. The fraction of sp³-hybridized carbons (Fsp3) is 0.438. The lowest BCUT2D eigenvalue weighted by Crippen LogP contribution is -2.47. The molecule has 2 aromatic rings. The predicted molar refractivity (Wildman–Crippen MR) is 82.2 cm³/mol. The van der Waals surface area contributed by atoms with Crippen molar-refractivity contribution < 1.29 is 4.79 Å². The van der Waals surface area contributed by atoms with Crippen molar-refractivity contribution in [2.45, 2.75) is 18.9 Å². The summed E-state index contributed by atoms with van der Waals surface area (Å²) in [5, 5.41) is 9.80. The number of rotatable bonds is 2. The molecule has 2 aliphatic heterocycles. The summed E-state index contributed by atoms with van der Waals surface area (Å²) in [5.74, 6) is 0.860. The molecule has 2 fully saturated rings. The molecule has 0 spiro atoms. The lowest BCUT2D eigenvalue weighted by atomic mass is 9.96. The van der Waals surface area contributed by atoms with Crippen LogP contribution in [-0.4, -0.2) is 36.5 Å². The lowest BCUT2D eigenvalue weighted by molar-refractivity contribution is 0.0909. The van der Waals surface area contributed by atoms with Crippen molar-refractivity contribution in [3.8, 4) is 0 Å². The van der Waals surface area contributed by atoms with E-state index in [0.29, 0.717) is 6.04 Å². The van der Waals surface area contributed by atoms with Crippen molar-refractivity contribution in [3.63, 3.8) is 0 Å². The van der Waals surface area contributed by atoms with Crippen LogP contribution in [0.4, 0.5) is 0 Å². The van der Waals surface area contributed by atoms with Gasteiger partial charge >= 0.3 is 0 Å². The topological polar surface area (TPSA) is 32.3 Å². The van der Waals surface area contributed by atoms with Gasteiger partial charge in [-0.3, -0.25) is 4.79 Å². The van der Waals surface area contributed by atoms with Gasteiger partial charge in [-0.25, -0.2) is 0 Å². The molecule has 0 saturated carbocycles. The normalized spacial score (nSPS) is 28.7. The number of thiophene rings is 1. The standard InChI is InChI=1S/C16H18N2OS/c19-16(12-1-2-13-9-20-10-14(13)6-12)17-15-5-11-3-4-18(7-11)8-15/h1-2,6,9-11,15H,3-5,7-8H2,(H,17,19)/t11-,15-/m1/s1. The van der Waals surface area contributed by atoms with Gasteiger partial charge in [-0.05, 0) is 59.0 Å². The molecule has 1 aromatic carbocycles. The number of amides is 1. The molecule has 3 nitrogen and oxygen atoms in total. The quantitative estimate of drug-likeness (QED) is 0.920. The molecule has 1 amide bonds. The van der Waals surface area contributed by atoms with Crippen LogP contribution in [-0.2, 0) is 0 Å². The minimum Gasteiger partial charge on any atom is -0.348 e. The van der Waals surface area contributed by atoms with Crippen molar-refractivity contribution in [1.29, 1.82) is 0 Å². The second-order valence-corrected chi connectivity index (χ2v) is 6.78. The van der Waals surface area contributed by atoms with Crippen LogP contribution >= 0.6 is 11.3 Å². The molecule has 1 N–H and O–H groups in total. The van der Waals surface area contributed by atoms with E-state index in [0.717, 1.165) is 29.8 Å². The van der Waals surface area contributed by atoms with Gasteiger partial charge in [0.05, 0.1) is 0 Å². The van der Waals surface area contributed by atoms with Gasteiger partial charge in [0.2, 0.25) is 0 Å². The van der Waals surface area contributed by atoms with E-state index < -0.39 is 0 Å². The molecule has 3 atom stereocenters. The van der Waals surface area contributed by atoms with Gasteiger partial charge in [-0.1, -0.05) is 6.07 Å². The van der Waals surface area contributed by atoms with E-state index in [1.165, 1.54) is 24.9 Å². The van der Waals surface area contributed by atoms with E-state index in [4.69, 9.17) is 0 Å². The first-order valence-corrected chi connectivity index (χ1v) is 8.21. The first kappa shape index (κ1) is 12.4. The van der Waals surface area contributed by atoms with Crippen LogP contribution in [0.1, 0.15) is 23.2 Å². The number of fused-ring (bicyclic) bond motifs is 3. The molecule has 2 aliphatic rings. The summed E-state index contributed by atoms with van der Waals surface area (Å²) >= 11 is 1.68. The third kappa shape index (κ3) is 2.23. The zero-order chi connectivity index (χ0) is 13.5. The van der Waals surface area contributed by atoms with Gasteiger partial charge in [-0.15, -0.1) is 0 Å². The Hall–Kier alpha value is -1.39. The van der Waals surface area contributed by atoms with Gasteiger partial charge in [0.25, 0.3) is 5.91 Å². The third-order valence-corrected chi connectivity index (χ3v) is 5.32. The van der Waals surface area contributed by atoms with E-state index in [-0.39, 0.29) is 5.91 Å². The molecule has 4 heteroatoms. The number of hydrogen-bond acceptors (Lipinski definition) is 3. The summed E-state index contributed by atoms with van der Waals surface area (Å²) in [5.41, 5.74) is 0.781. The Labute approximate surface area is 122 Å². The number of benzene rings is 1. The van der Waals surface area contributed by atoms with Gasteiger partial charge in [0.1, 0.15) is 0 Å². The average Bonchev–Trinajstić information content (AvgIpc) is 3.04. The van der Waals surface area contributed by atoms with Gasteiger partial charge in [0, 0.05) is 24.7 Å². The second kappa shape index (κ2) is 4.86. The maximum absolute atomic E-state index is 12.4. The van der Waals surface area contributed by atoms with Crippen molar-refractivity contribution in [2.75, 3.05) is 19.6 Å². The highest BCUT2D eigenvalue weighted by Crippen LogP contribution is 2.27. The lowest BCUT2D eigenvalue weighted by Gasteiger charge is -2.30. The van der Waals surface area contributed by atoms with E-state index in [2.05, 4.69) is 21.0 Å². The maximum Gasteiger partial charge on any atom is 0.251 e. The summed E-state index contributed by atoms with van der Waals surface area (Å²) in [6.45, 7) is 3.45. The van der Waals surface area contributed by atoms with Crippen LogP contribution in [0.15, 0.2) is 29.0 Å². The van der Waals surface area contributed by atoms with Gasteiger partial charge < -0.3 is 10.2 Å². The summed E-state index contributed by atoms with van der Waals surface area (Å²) in [6.07, 6.45) is 2.44. The van der Waals surface area contributed by atoms with Crippen molar-refractivity contribution >= 4 is 28.0 Å². The van der Waals surface area contributed by atoms with Crippen LogP contribution in [0.3, 0.4) is 0 Å². The fourth-order valence-electron chi connectivity index (χ4n) is 3.54. The Morgan fingerprint density at radius 1 is 1.25 bits per heavy atom. The van der Waals surface area contributed by atoms with E-state index in [1.807, 2.05) is 18.2 Å². The van der Waals surface area contributed by atoms with Gasteiger partial charge in [-0.2, -0.15) is 11.3 Å². The zero-order valence-corrected chi connectivity index (χ0v) is 12.2. The minimum absolute atomic E-state index is 0.0746. The van der Waals surface area contributed by atoms with E-state index in [9.17, 15) is 4.79 Å². The maximum atomic E-state index is 12.4. The predicted octanol–water partition coefficient (Wildman–Crippen LogP) is 2.73. The molecule has 0 radical (unpaired) electrons. The van der Waals surface area contributed by atoms with Gasteiger partial charge in [0.15, 0.2) is 0 Å². The zero-order valence-electron chi connectivity index (χ0n) is 11.3. The largest absolute Gasteiger partial charge is 0.348 e. The third-order valence-electron chi connectivity index (χ3n) is 4.54. The Morgan fingerprint density at radius 2 is 2.15 bits per heavy atom. The average molecular weight is 286 g/mol. The molecule has 1 unspecified atom stereocenters. The summed E-state index contributed by atoms with van der Waals surface area (Å²) in [7, 11) is 0. The molecule has 0 aliphatic carbocycles. The monoisotopic (exact) mass is 286 g/mol. The number of carbonyl (C=O) groups is 1. The Kier molecular flexibility index (Phi) is 3.00. The van der Waals surface area contributed by atoms with Crippen LogP contribution in [0.2, 0.25) is 0 Å². The highest BCUT2D eigenvalue weighted by atomic mass is 32.1. The SMILES string of the molecule is O=C(N[C@@H]1C[C@H]2CCN(C2)C1)c1ccc2cscc2c1.